The molecule has 0 saturated carbocycles. The van der Waals surface area contributed by atoms with Crippen LogP contribution in [0.15, 0.2) is 30.3 Å². The van der Waals surface area contributed by atoms with E-state index >= 15 is 0 Å². The molecule has 2 aromatic rings. The van der Waals surface area contributed by atoms with E-state index in [4.69, 9.17) is 0 Å². The molecule has 1 heterocycles. The molecule has 0 bridgehead atoms. The van der Waals surface area contributed by atoms with Gasteiger partial charge in [-0.3, -0.25) is 10.1 Å². The number of rotatable bonds is 4. The molecule has 6 heteroatoms. The molecule has 0 radical (unpaired) electrons. The standard InChI is InChI=1S/C15H14N4O2/c1-10-7-11(2)18-15(13(10)8-16)17-9-12-5-3-4-6-14(12)19(20)21/h3-7H,9H2,1-2H3,(H,17,18). The van der Waals surface area contributed by atoms with Crippen LogP contribution in [0.25, 0.3) is 0 Å². The molecule has 0 spiro atoms. The van der Waals surface area contributed by atoms with Crippen molar-refractivity contribution in [2.75, 3.05) is 5.32 Å². The maximum Gasteiger partial charge on any atom is 0.274 e. The predicted molar refractivity (Wildman–Crippen MR) is 78.8 cm³/mol. The number of aryl methyl sites for hydroxylation is 2. The van der Waals surface area contributed by atoms with Crippen molar-refractivity contribution in [3.05, 3.63) is 62.8 Å². The van der Waals surface area contributed by atoms with Gasteiger partial charge in [-0.05, 0) is 25.5 Å². The lowest BCUT2D eigenvalue weighted by atomic mass is 10.1. The number of nitrogens with zero attached hydrogens (tertiary/aromatic N) is 3. The molecule has 1 N–H and O–H groups in total. The molecule has 0 atom stereocenters. The summed E-state index contributed by atoms with van der Waals surface area (Å²) >= 11 is 0. The summed E-state index contributed by atoms with van der Waals surface area (Å²) in [5, 5.41) is 23.2. The van der Waals surface area contributed by atoms with Gasteiger partial charge in [0.25, 0.3) is 5.69 Å². The molecule has 1 aromatic heterocycles. The number of nitro groups is 1. The van der Waals surface area contributed by atoms with E-state index in [1.165, 1.54) is 6.07 Å². The normalized spacial score (nSPS) is 9.95. The molecule has 106 valence electrons. The Morgan fingerprint density at radius 3 is 2.76 bits per heavy atom. The number of benzene rings is 1. The van der Waals surface area contributed by atoms with Crippen molar-refractivity contribution in [1.29, 1.82) is 5.26 Å². The smallest absolute Gasteiger partial charge is 0.274 e. The van der Waals surface area contributed by atoms with Crippen LogP contribution >= 0.6 is 0 Å². The number of nitrogens with one attached hydrogen (secondary N) is 1. The van der Waals surface area contributed by atoms with Crippen molar-refractivity contribution >= 4 is 11.5 Å². The predicted octanol–water partition coefficient (Wildman–Crippen LogP) is 3.09. The fourth-order valence-corrected chi connectivity index (χ4v) is 2.12. The summed E-state index contributed by atoms with van der Waals surface area (Å²) in [5.41, 5.74) is 2.67. The number of hydrogen-bond donors (Lipinski definition) is 1. The minimum absolute atomic E-state index is 0.0490. The zero-order valence-electron chi connectivity index (χ0n) is 11.8. The van der Waals surface area contributed by atoms with Crippen molar-refractivity contribution < 1.29 is 4.92 Å². The van der Waals surface area contributed by atoms with Gasteiger partial charge in [0, 0.05) is 23.9 Å². The fourth-order valence-electron chi connectivity index (χ4n) is 2.12. The number of anilines is 1. The lowest BCUT2D eigenvalue weighted by molar-refractivity contribution is -0.385. The number of nitriles is 1. The number of aromatic nitrogens is 1. The SMILES string of the molecule is Cc1cc(C)c(C#N)c(NCc2ccccc2[N+](=O)[O-])n1. The van der Waals surface area contributed by atoms with Gasteiger partial charge in [0.05, 0.1) is 10.5 Å². The minimum Gasteiger partial charge on any atom is -0.365 e. The third kappa shape index (κ3) is 3.15. The first-order valence-corrected chi connectivity index (χ1v) is 6.37. The van der Waals surface area contributed by atoms with E-state index in [2.05, 4.69) is 16.4 Å². The Kier molecular flexibility index (Phi) is 4.14. The number of pyridine rings is 1. The van der Waals surface area contributed by atoms with Crippen LogP contribution in [0.3, 0.4) is 0 Å². The lowest BCUT2D eigenvalue weighted by Crippen LogP contribution is -2.07. The number of nitro benzene ring substituents is 1. The Hall–Kier alpha value is -2.94. The maximum absolute atomic E-state index is 11.0. The highest BCUT2D eigenvalue weighted by Crippen LogP contribution is 2.21. The molecule has 0 amide bonds. The first-order valence-electron chi connectivity index (χ1n) is 6.37. The van der Waals surface area contributed by atoms with Crippen LogP contribution in [0, 0.1) is 35.3 Å². The molecular weight excluding hydrogens is 268 g/mol. The molecule has 0 fully saturated rings. The largest absolute Gasteiger partial charge is 0.365 e. The lowest BCUT2D eigenvalue weighted by Gasteiger charge is -2.10. The molecule has 6 nitrogen and oxygen atoms in total. The summed E-state index contributed by atoms with van der Waals surface area (Å²) < 4.78 is 0. The minimum atomic E-state index is -0.420. The summed E-state index contributed by atoms with van der Waals surface area (Å²) in [5.74, 6) is 0.452. The van der Waals surface area contributed by atoms with E-state index in [9.17, 15) is 15.4 Å². The monoisotopic (exact) mass is 282 g/mol. The summed E-state index contributed by atoms with van der Waals surface area (Å²) in [7, 11) is 0. The van der Waals surface area contributed by atoms with Crippen molar-refractivity contribution in [3.63, 3.8) is 0 Å². The molecule has 1 aromatic carbocycles. The highest BCUT2D eigenvalue weighted by molar-refractivity contribution is 5.57. The van der Waals surface area contributed by atoms with Crippen molar-refractivity contribution in [2.45, 2.75) is 20.4 Å². The van der Waals surface area contributed by atoms with Gasteiger partial charge in [-0.2, -0.15) is 5.26 Å². The Balaban J connectivity index is 2.30. The van der Waals surface area contributed by atoms with Crippen LogP contribution in [-0.2, 0) is 6.54 Å². The van der Waals surface area contributed by atoms with Gasteiger partial charge < -0.3 is 5.32 Å². The maximum atomic E-state index is 11.0. The Morgan fingerprint density at radius 2 is 2.10 bits per heavy atom. The quantitative estimate of drug-likeness (QED) is 0.687. The van der Waals surface area contributed by atoms with E-state index < -0.39 is 4.92 Å². The number of para-hydroxylation sites is 1. The molecular formula is C15H14N4O2. The average Bonchev–Trinajstić information content (AvgIpc) is 2.44. The number of hydrogen-bond acceptors (Lipinski definition) is 5. The van der Waals surface area contributed by atoms with E-state index in [-0.39, 0.29) is 12.2 Å². The Morgan fingerprint density at radius 1 is 1.38 bits per heavy atom. The van der Waals surface area contributed by atoms with Crippen LogP contribution in [0.1, 0.15) is 22.4 Å². The molecule has 0 saturated heterocycles. The highest BCUT2D eigenvalue weighted by Gasteiger charge is 2.13. The third-order valence-corrected chi connectivity index (χ3v) is 3.09. The summed E-state index contributed by atoms with van der Waals surface area (Å²) in [6.07, 6.45) is 0. The van der Waals surface area contributed by atoms with Gasteiger partial charge in [0.1, 0.15) is 11.9 Å². The van der Waals surface area contributed by atoms with Crippen molar-refractivity contribution in [3.8, 4) is 6.07 Å². The zero-order valence-corrected chi connectivity index (χ0v) is 11.8. The van der Waals surface area contributed by atoms with Crippen LogP contribution in [0.2, 0.25) is 0 Å². The molecule has 2 rings (SSSR count). The van der Waals surface area contributed by atoms with E-state index in [1.807, 2.05) is 19.9 Å². The first kappa shape index (κ1) is 14.5. The Labute approximate surface area is 122 Å². The molecule has 21 heavy (non-hydrogen) atoms. The van der Waals surface area contributed by atoms with Gasteiger partial charge in [0.2, 0.25) is 0 Å². The zero-order chi connectivity index (χ0) is 15.4. The van der Waals surface area contributed by atoms with E-state index in [0.29, 0.717) is 16.9 Å². The van der Waals surface area contributed by atoms with Crippen LogP contribution < -0.4 is 5.32 Å². The van der Waals surface area contributed by atoms with Crippen LogP contribution in [0.4, 0.5) is 11.5 Å². The average molecular weight is 282 g/mol. The van der Waals surface area contributed by atoms with Gasteiger partial charge in [-0.1, -0.05) is 18.2 Å². The summed E-state index contributed by atoms with van der Waals surface area (Å²) in [6, 6.07) is 10.4. The molecule has 0 unspecified atom stereocenters. The second kappa shape index (κ2) is 6.01. The fraction of sp³-hybridized carbons (Fsp3) is 0.200. The topological polar surface area (TPSA) is 91.8 Å². The van der Waals surface area contributed by atoms with Crippen molar-refractivity contribution in [2.24, 2.45) is 0 Å². The Bertz CT molecular complexity index is 735. The van der Waals surface area contributed by atoms with Gasteiger partial charge in [-0.25, -0.2) is 4.98 Å². The van der Waals surface area contributed by atoms with Gasteiger partial charge in [-0.15, -0.1) is 0 Å². The summed E-state index contributed by atoms with van der Waals surface area (Å²) in [4.78, 5) is 14.8. The second-order valence-electron chi connectivity index (χ2n) is 4.66. The highest BCUT2D eigenvalue weighted by atomic mass is 16.6. The molecule has 0 aliphatic heterocycles. The van der Waals surface area contributed by atoms with E-state index in [1.54, 1.807) is 18.2 Å². The van der Waals surface area contributed by atoms with Crippen molar-refractivity contribution in [1.82, 2.24) is 4.98 Å². The first-order chi connectivity index (χ1) is 10.0. The van der Waals surface area contributed by atoms with Crippen LogP contribution in [0.5, 0.6) is 0 Å². The van der Waals surface area contributed by atoms with Crippen LogP contribution in [-0.4, -0.2) is 9.91 Å². The van der Waals surface area contributed by atoms with Gasteiger partial charge >= 0.3 is 0 Å². The van der Waals surface area contributed by atoms with Gasteiger partial charge in [0.15, 0.2) is 0 Å². The molecule has 0 aliphatic rings. The second-order valence-corrected chi connectivity index (χ2v) is 4.66. The third-order valence-electron chi connectivity index (χ3n) is 3.09. The van der Waals surface area contributed by atoms with E-state index in [0.717, 1.165) is 11.3 Å². The summed E-state index contributed by atoms with van der Waals surface area (Å²) in [6.45, 7) is 3.91. The molecule has 0 aliphatic carbocycles.